The highest BCUT2D eigenvalue weighted by Gasteiger charge is 2.27. The summed E-state index contributed by atoms with van der Waals surface area (Å²) in [5.41, 5.74) is 0.788. The Labute approximate surface area is 141 Å². The van der Waals surface area contributed by atoms with Crippen LogP contribution >= 0.6 is 0 Å². The molecule has 24 heavy (non-hydrogen) atoms. The van der Waals surface area contributed by atoms with Gasteiger partial charge in [-0.2, -0.15) is 0 Å². The summed E-state index contributed by atoms with van der Waals surface area (Å²) in [4.78, 5) is 14.3. The standard InChI is InChI=1S/C19H21NO4/c1-3-22-15-8-10-16(11-9-15)23-13-19(21)20-12-14(2)24-18-7-5-4-6-17(18)20/h4-11,14H,3,12-13H2,1-2H3. The van der Waals surface area contributed by atoms with Crippen molar-refractivity contribution < 1.29 is 19.0 Å². The second-order valence-corrected chi connectivity index (χ2v) is 5.59. The zero-order chi connectivity index (χ0) is 16.9. The van der Waals surface area contributed by atoms with Crippen LogP contribution < -0.4 is 19.1 Å². The number of amides is 1. The molecule has 1 heterocycles. The topological polar surface area (TPSA) is 48.0 Å². The number of ether oxygens (including phenoxy) is 3. The summed E-state index contributed by atoms with van der Waals surface area (Å²) >= 11 is 0. The third kappa shape index (κ3) is 3.62. The molecule has 5 heteroatoms. The summed E-state index contributed by atoms with van der Waals surface area (Å²) in [6.45, 7) is 5.00. The van der Waals surface area contributed by atoms with E-state index in [1.807, 2.05) is 50.2 Å². The second kappa shape index (κ2) is 7.25. The first-order valence-corrected chi connectivity index (χ1v) is 8.09. The van der Waals surface area contributed by atoms with E-state index in [2.05, 4.69) is 0 Å². The van der Waals surface area contributed by atoms with E-state index in [9.17, 15) is 4.79 Å². The molecule has 0 bridgehead atoms. The summed E-state index contributed by atoms with van der Waals surface area (Å²) in [5.74, 6) is 2.06. The van der Waals surface area contributed by atoms with E-state index >= 15 is 0 Å². The number of hydrogen-bond acceptors (Lipinski definition) is 4. The number of hydrogen-bond donors (Lipinski definition) is 0. The Kier molecular flexibility index (Phi) is 4.89. The summed E-state index contributed by atoms with van der Waals surface area (Å²) in [6.07, 6.45) is -0.0469. The fourth-order valence-electron chi connectivity index (χ4n) is 2.65. The normalized spacial score (nSPS) is 16.1. The van der Waals surface area contributed by atoms with Gasteiger partial charge in [0.2, 0.25) is 0 Å². The van der Waals surface area contributed by atoms with E-state index in [0.717, 1.165) is 17.2 Å². The molecule has 0 fully saturated rings. The zero-order valence-corrected chi connectivity index (χ0v) is 13.9. The first-order valence-electron chi connectivity index (χ1n) is 8.09. The van der Waals surface area contributed by atoms with Crippen molar-refractivity contribution in [2.45, 2.75) is 20.0 Å². The zero-order valence-electron chi connectivity index (χ0n) is 13.9. The first-order chi connectivity index (χ1) is 11.7. The fraction of sp³-hybridized carbons (Fsp3) is 0.316. The molecule has 1 unspecified atom stereocenters. The average molecular weight is 327 g/mol. The van der Waals surface area contributed by atoms with Gasteiger partial charge in [-0.3, -0.25) is 4.79 Å². The molecule has 0 aliphatic carbocycles. The number of benzene rings is 2. The van der Waals surface area contributed by atoms with E-state index in [1.165, 1.54) is 0 Å². The lowest BCUT2D eigenvalue weighted by Crippen LogP contribution is -2.44. The maximum absolute atomic E-state index is 12.6. The summed E-state index contributed by atoms with van der Waals surface area (Å²) < 4.78 is 16.8. The SMILES string of the molecule is CCOc1ccc(OCC(=O)N2CC(C)Oc3ccccc32)cc1. The van der Waals surface area contributed by atoms with Crippen molar-refractivity contribution in [3.63, 3.8) is 0 Å². The van der Waals surface area contributed by atoms with Gasteiger partial charge in [-0.05, 0) is 50.2 Å². The maximum atomic E-state index is 12.6. The van der Waals surface area contributed by atoms with Gasteiger partial charge in [-0.25, -0.2) is 0 Å². The molecular weight excluding hydrogens is 306 g/mol. The van der Waals surface area contributed by atoms with Crippen LogP contribution in [0.2, 0.25) is 0 Å². The van der Waals surface area contributed by atoms with Crippen LogP contribution in [0.15, 0.2) is 48.5 Å². The number of carbonyl (C=O) groups is 1. The third-order valence-electron chi connectivity index (χ3n) is 3.72. The highest BCUT2D eigenvalue weighted by molar-refractivity contribution is 5.96. The van der Waals surface area contributed by atoms with Crippen molar-refractivity contribution in [1.82, 2.24) is 0 Å². The molecule has 0 aromatic heterocycles. The van der Waals surface area contributed by atoms with Gasteiger partial charge in [0.05, 0.1) is 18.8 Å². The fourth-order valence-corrected chi connectivity index (χ4v) is 2.65. The molecule has 1 atom stereocenters. The predicted octanol–water partition coefficient (Wildman–Crippen LogP) is 3.28. The number of nitrogens with zero attached hydrogens (tertiary/aromatic N) is 1. The predicted molar refractivity (Wildman–Crippen MR) is 92.0 cm³/mol. The molecule has 0 saturated heterocycles. The molecule has 1 aliphatic rings. The largest absolute Gasteiger partial charge is 0.494 e. The Bertz CT molecular complexity index is 699. The Morgan fingerprint density at radius 2 is 1.79 bits per heavy atom. The third-order valence-corrected chi connectivity index (χ3v) is 3.72. The van der Waals surface area contributed by atoms with Crippen molar-refractivity contribution in [3.05, 3.63) is 48.5 Å². The van der Waals surface area contributed by atoms with Gasteiger partial charge in [0.1, 0.15) is 23.4 Å². The monoisotopic (exact) mass is 327 g/mol. The van der Waals surface area contributed by atoms with Crippen LogP contribution in [0.1, 0.15) is 13.8 Å². The number of fused-ring (bicyclic) bond motifs is 1. The van der Waals surface area contributed by atoms with Crippen LogP contribution in [0.3, 0.4) is 0 Å². The lowest BCUT2D eigenvalue weighted by Gasteiger charge is -2.33. The van der Waals surface area contributed by atoms with Crippen LogP contribution in [0.25, 0.3) is 0 Å². The first kappa shape index (κ1) is 16.2. The van der Waals surface area contributed by atoms with Crippen LogP contribution in [0.4, 0.5) is 5.69 Å². The van der Waals surface area contributed by atoms with Gasteiger partial charge < -0.3 is 19.1 Å². The Balaban J connectivity index is 1.65. The molecule has 5 nitrogen and oxygen atoms in total. The molecule has 0 radical (unpaired) electrons. The highest BCUT2D eigenvalue weighted by atomic mass is 16.5. The van der Waals surface area contributed by atoms with Gasteiger partial charge in [-0.15, -0.1) is 0 Å². The van der Waals surface area contributed by atoms with E-state index in [0.29, 0.717) is 18.9 Å². The molecule has 0 spiro atoms. The van der Waals surface area contributed by atoms with E-state index < -0.39 is 0 Å². The maximum Gasteiger partial charge on any atom is 0.265 e. The van der Waals surface area contributed by atoms with Crippen molar-refractivity contribution in [1.29, 1.82) is 0 Å². The van der Waals surface area contributed by atoms with Crippen LogP contribution in [-0.2, 0) is 4.79 Å². The minimum Gasteiger partial charge on any atom is -0.494 e. The molecule has 126 valence electrons. The lowest BCUT2D eigenvalue weighted by molar-refractivity contribution is -0.121. The molecular formula is C19H21NO4. The minimum absolute atomic E-state index is 0.0188. The molecule has 0 saturated carbocycles. The van der Waals surface area contributed by atoms with Crippen LogP contribution in [0.5, 0.6) is 17.2 Å². The number of carbonyl (C=O) groups excluding carboxylic acids is 1. The molecule has 0 N–H and O–H groups in total. The average Bonchev–Trinajstić information content (AvgIpc) is 2.60. The minimum atomic E-state index is -0.0912. The molecule has 2 aromatic carbocycles. The molecule has 1 aliphatic heterocycles. The van der Waals surface area contributed by atoms with Crippen LogP contribution in [0, 0.1) is 0 Å². The van der Waals surface area contributed by atoms with Crippen molar-refractivity contribution in [2.24, 2.45) is 0 Å². The summed E-state index contributed by atoms with van der Waals surface area (Å²) in [6, 6.07) is 14.8. The number of para-hydroxylation sites is 2. The van der Waals surface area contributed by atoms with E-state index in [-0.39, 0.29) is 18.6 Å². The second-order valence-electron chi connectivity index (χ2n) is 5.59. The summed E-state index contributed by atoms with van der Waals surface area (Å²) in [5, 5.41) is 0. The van der Waals surface area contributed by atoms with Gasteiger partial charge in [0, 0.05) is 0 Å². The smallest absolute Gasteiger partial charge is 0.265 e. The quantitative estimate of drug-likeness (QED) is 0.845. The Hall–Kier alpha value is -2.69. The van der Waals surface area contributed by atoms with Crippen molar-refractivity contribution in [2.75, 3.05) is 24.7 Å². The number of rotatable bonds is 5. The molecule has 2 aromatic rings. The van der Waals surface area contributed by atoms with Gasteiger partial charge >= 0.3 is 0 Å². The molecule has 3 rings (SSSR count). The van der Waals surface area contributed by atoms with Gasteiger partial charge in [0.25, 0.3) is 5.91 Å². The lowest BCUT2D eigenvalue weighted by atomic mass is 10.2. The van der Waals surface area contributed by atoms with Crippen LogP contribution in [-0.4, -0.2) is 31.8 Å². The Morgan fingerprint density at radius 1 is 1.12 bits per heavy atom. The van der Waals surface area contributed by atoms with Crippen molar-refractivity contribution in [3.8, 4) is 17.2 Å². The highest BCUT2D eigenvalue weighted by Crippen LogP contribution is 2.33. The van der Waals surface area contributed by atoms with E-state index in [1.54, 1.807) is 17.0 Å². The summed E-state index contributed by atoms with van der Waals surface area (Å²) in [7, 11) is 0. The van der Waals surface area contributed by atoms with Crippen molar-refractivity contribution >= 4 is 11.6 Å². The molecule has 1 amide bonds. The van der Waals surface area contributed by atoms with E-state index in [4.69, 9.17) is 14.2 Å². The van der Waals surface area contributed by atoms with Gasteiger partial charge in [-0.1, -0.05) is 12.1 Å². The van der Waals surface area contributed by atoms with Gasteiger partial charge in [0.15, 0.2) is 6.61 Å². The Morgan fingerprint density at radius 3 is 2.50 bits per heavy atom. The number of anilines is 1.